The second-order valence-electron chi connectivity index (χ2n) is 5.67. The molecule has 0 radical (unpaired) electrons. The van der Waals surface area contributed by atoms with E-state index in [1.807, 2.05) is 41.4 Å². The summed E-state index contributed by atoms with van der Waals surface area (Å²) in [5.41, 5.74) is 0.910. The van der Waals surface area contributed by atoms with Crippen molar-refractivity contribution in [1.82, 2.24) is 29.5 Å². The zero-order chi connectivity index (χ0) is 16.5. The van der Waals surface area contributed by atoms with E-state index in [0.29, 0.717) is 13.2 Å². The van der Waals surface area contributed by atoms with Crippen molar-refractivity contribution in [2.45, 2.75) is 19.8 Å². The molecule has 0 fully saturated rings. The van der Waals surface area contributed by atoms with Gasteiger partial charge in [-0.2, -0.15) is 5.10 Å². The molecular formula is C16H18N6O2. The zero-order valence-electron chi connectivity index (χ0n) is 13.6. The fourth-order valence-electron chi connectivity index (χ4n) is 2.75. The largest absolute Gasteiger partial charge is 0.486 e. The Balaban J connectivity index is 1.62. The lowest BCUT2D eigenvalue weighted by molar-refractivity contribution is 0.171. The molecule has 4 rings (SSSR count). The third-order valence-electron chi connectivity index (χ3n) is 3.93. The van der Waals surface area contributed by atoms with E-state index in [0.717, 1.165) is 47.5 Å². The second-order valence-corrected chi connectivity index (χ2v) is 5.67. The van der Waals surface area contributed by atoms with Crippen molar-refractivity contribution in [3.63, 3.8) is 0 Å². The van der Waals surface area contributed by atoms with Crippen LogP contribution in [0.25, 0.3) is 5.69 Å². The average molecular weight is 326 g/mol. The Labute approximate surface area is 139 Å². The van der Waals surface area contributed by atoms with Crippen LogP contribution in [0, 0.1) is 6.92 Å². The minimum absolute atomic E-state index is 0.561. The average Bonchev–Trinajstić information content (AvgIpc) is 3.18. The first-order valence-electron chi connectivity index (χ1n) is 7.86. The van der Waals surface area contributed by atoms with Gasteiger partial charge >= 0.3 is 0 Å². The lowest BCUT2D eigenvalue weighted by Gasteiger charge is -2.19. The van der Waals surface area contributed by atoms with Crippen molar-refractivity contribution in [3.8, 4) is 17.2 Å². The monoisotopic (exact) mass is 326 g/mol. The number of aromatic nitrogens is 6. The summed E-state index contributed by atoms with van der Waals surface area (Å²) in [4.78, 5) is 4.55. The van der Waals surface area contributed by atoms with Crippen LogP contribution in [0.3, 0.4) is 0 Å². The minimum atomic E-state index is 0.561. The number of ether oxygens (including phenoxy) is 2. The van der Waals surface area contributed by atoms with Gasteiger partial charge in [-0.15, -0.1) is 10.2 Å². The molecular weight excluding hydrogens is 308 g/mol. The predicted molar refractivity (Wildman–Crippen MR) is 85.5 cm³/mol. The first-order valence-corrected chi connectivity index (χ1v) is 7.86. The maximum atomic E-state index is 5.66. The highest BCUT2D eigenvalue weighted by molar-refractivity contribution is 5.49. The van der Waals surface area contributed by atoms with Gasteiger partial charge in [-0.3, -0.25) is 0 Å². The molecule has 8 heteroatoms. The van der Waals surface area contributed by atoms with Gasteiger partial charge < -0.3 is 14.0 Å². The molecule has 8 nitrogen and oxygen atoms in total. The smallest absolute Gasteiger partial charge is 0.163 e. The molecule has 124 valence electrons. The molecule has 1 aliphatic heterocycles. The van der Waals surface area contributed by atoms with E-state index in [1.54, 1.807) is 6.33 Å². The van der Waals surface area contributed by atoms with Crippen LogP contribution in [-0.4, -0.2) is 42.7 Å². The zero-order valence-corrected chi connectivity index (χ0v) is 13.6. The summed E-state index contributed by atoms with van der Waals surface area (Å²) >= 11 is 0. The first kappa shape index (κ1) is 14.7. The van der Waals surface area contributed by atoms with E-state index in [1.165, 1.54) is 0 Å². The van der Waals surface area contributed by atoms with E-state index in [4.69, 9.17) is 9.47 Å². The molecule has 0 N–H and O–H groups in total. The molecule has 24 heavy (non-hydrogen) atoms. The molecule has 0 bridgehead atoms. The summed E-state index contributed by atoms with van der Waals surface area (Å²) in [6.45, 7) is 3.03. The van der Waals surface area contributed by atoms with Crippen LogP contribution in [0.2, 0.25) is 0 Å². The molecule has 1 aromatic carbocycles. The molecule has 2 aromatic heterocycles. The van der Waals surface area contributed by atoms with Gasteiger partial charge in [-0.05, 0) is 19.1 Å². The van der Waals surface area contributed by atoms with Crippen molar-refractivity contribution >= 4 is 0 Å². The first-order chi connectivity index (χ1) is 11.7. The van der Waals surface area contributed by atoms with Crippen molar-refractivity contribution in [3.05, 3.63) is 42.0 Å². The van der Waals surface area contributed by atoms with Gasteiger partial charge in [-0.25, -0.2) is 9.67 Å². The van der Waals surface area contributed by atoms with Gasteiger partial charge in [0, 0.05) is 26.0 Å². The highest BCUT2D eigenvalue weighted by Gasteiger charge is 2.16. The quantitative estimate of drug-likeness (QED) is 0.718. The Morgan fingerprint density at radius 1 is 1.08 bits per heavy atom. The van der Waals surface area contributed by atoms with Crippen LogP contribution in [0.5, 0.6) is 11.5 Å². The van der Waals surface area contributed by atoms with Crippen molar-refractivity contribution in [2.24, 2.45) is 7.05 Å². The summed E-state index contributed by atoms with van der Waals surface area (Å²) in [6.07, 6.45) is 3.17. The van der Waals surface area contributed by atoms with Gasteiger partial charge in [-0.1, -0.05) is 0 Å². The number of nitrogens with zero attached hydrogens (tertiary/aromatic N) is 6. The van der Waals surface area contributed by atoms with Crippen LogP contribution < -0.4 is 9.47 Å². The fraction of sp³-hybridized carbons (Fsp3) is 0.375. The van der Waals surface area contributed by atoms with Crippen molar-refractivity contribution in [2.75, 3.05) is 13.2 Å². The van der Waals surface area contributed by atoms with Gasteiger partial charge in [0.1, 0.15) is 37.0 Å². The van der Waals surface area contributed by atoms with Gasteiger partial charge in [0.25, 0.3) is 0 Å². The van der Waals surface area contributed by atoms with Crippen molar-refractivity contribution in [1.29, 1.82) is 0 Å². The number of rotatable bonds is 4. The SMILES string of the molecule is Cc1nc(CCc2nncn2C)n(-c2ccc3c(c2)OCCO3)n1. The Morgan fingerprint density at radius 2 is 1.88 bits per heavy atom. The normalized spacial score (nSPS) is 13.2. The summed E-state index contributed by atoms with van der Waals surface area (Å²) < 4.78 is 15.0. The van der Waals surface area contributed by atoms with E-state index >= 15 is 0 Å². The molecule has 0 unspecified atom stereocenters. The molecule has 3 aromatic rings. The Bertz CT molecular complexity index is 869. The summed E-state index contributed by atoms with van der Waals surface area (Å²) in [6, 6.07) is 5.81. The molecule has 0 spiro atoms. The third kappa shape index (κ3) is 2.70. The standard InChI is InChI=1S/C16H18N6O2/c1-11-18-15(5-6-16-19-17-10-21(16)2)22(20-11)12-3-4-13-14(9-12)24-8-7-23-13/h3-4,9-10H,5-8H2,1-2H3. The van der Waals surface area contributed by atoms with E-state index < -0.39 is 0 Å². The third-order valence-corrected chi connectivity index (χ3v) is 3.93. The van der Waals surface area contributed by atoms with Crippen LogP contribution in [0.1, 0.15) is 17.5 Å². The van der Waals surface area contributed by atoms with E-state index in [2.05, 4.69) is 20.3 Å². The number of benzene rings is 1. The molecule has 0 saturated carbocycles. The predicted octanol–water partition coefficient (Wildman–Crippen LogP) is 1.26. The topological polar surface area (TPSA) is 79.9 Å². The van der Waals surface area contributed by atoms with Crippen LogP contribution >= 0.6 is 0 Å². The lowest BCUT2D eigenvalue weighted by atomic mass is 10.2. The highest BCUT2D eigenvalue weighted by Crippen LogP contribution is 2.32. The summed E-state index contributed by atoms with van der Waals surface area (Å²) in [5.74, 6) is 4.04. The molecule has 0 atom stereocenters. The summed E-state index contributed by atoms with van der Waals surface area (Å²) in [7, 11) is 1.94. The molecule has 0 aliphatic carbocycles. The van der Waals surface area contributed by atoms with Gasteiger partial charge in [0.2, 0.25) is 0 Å². The summed E-state index contributed by atoms with van der Waals surface area (Å²) in [5, 5.41) is 12.5. The van der Waals surface area contributed by atoms with Crippen LogP contribution in [0.15, 0.2) is 24.5 Å². The molecule has 0 saturated heterocycles. The Hall–Kier alpha value is -2.90. The Morgan fingerprint density at radius 3 is 2.67 bits per heavy atom. The number of fused-ring (bicyclic) bond motifs is 1. The number of aryl methyl sites for hydroxylation is 4. The minimum Gasteiger partial charge on any atom is -0.486 e. The number of hydrogen-bond acceptors (Lipinski definition) is 6. The van der Waals surface area contributed by atoms with E-state index in [9.17, 15) is 0 Å². The van der Waals surface area contributed by atoms with Gasteiger partial charge in [0.05, 0.1) is 5.69 Å². The highest BCUT2D eigenvalue weighted by atomic mass is 16.6. The van der Waals surface area contributed by atoms with Crippen molar-refractivity contribution < 1.29 is 9.47 Å². The number of hydrogen-bond donors (Lipinski definition) is 0. The van der Waals surface area contributed by atoms with Crippen LogP contribution in [0.4, 0.5) is 0 Å². The lowest BCUT2D eigenvalue weighted by Crippen LogP contribution is -2.15. The molecule has 3 heterocycles. The van der Waals surface area contributed by atoms with Gasteiger partial charge in [0.15, 0.2) is 11.5 Å². The maximum Gasteiger partial charge on any atom is 0.163 e. The molecule has 1 aliphatic rings. The van der Waals surface area contributed by atoms with E-state index in [-0.39, 0.29) is 0 Å². The second kappa shape index (κ2) is 5.95. The fourth-order valence-corrected chi connectivity index (χ4v) is 2.75. The molecule has 0 amide bonds. The maximum absolute atomic E-state index is 5.66. The van der Waals surface area contributed by atoms with Crippen LogP contribution in [-0.2, 0) is 19.9 Å². The Kier molecular flexibility index (Phi) is 3.64.